The first-order chi connectivity index (χ1) is 12.2. The number of nitrogens with one attached hydrogen (secondary N) is 1. The Bertz CT molecular complexity index is 1100. The molecule has 0 aliphatic heterocycles. The highest BCUT2D eigenvalue weighted by molar-refractivity contribution is 7.92. The van der Waals surface area contributed by atoms with Gasteiger partial charge < -0.3 is 4.52 Å². The number of halogens is 3. The van der Waals surface area contributed by atoms with Crippen molar-refractivity contribution in [2.75, 3.05) is 4.72 Å². The molecule has 1 aromatic heterocycles. The van der Waals surface area contributed by atoms with Crippen molar-refractivity contribution < 1.29 is 21.7 Å². The van der Waals surface area contributed by atoms with Crippen LogP contribution in [-0.2, 0) is 10.0 Å². The molecule has 1 heterocycles. The number of rotatable bonds is 4. The maximum Gasteiger partial charge on any atom is 0.264 e. The molecule has 0 radical (unpaired) electrons. The monoisotopic (exact) mass is 399 g/mol. The van der Waals surface area contributed by atoms with Crippen LogP contribution >= 0.6 is 11.6 Å². The minimum absolute atomic E-state index is 0.0000154. The molecule has 0 atom stereocenters. The summed E-state index contributed by atoms with van der Waals surface area (Å²) >= 11 is 6.11. The van der Waals surface area contributed by atoms with Gasteiger partial charge in [0.1, 0.15) is 16.5 Å². The summed E-state index contributed by atoms with van der Waals surface area (Å²) in [7, 11) is -4.31. The van der Waals surface area contributed by atoms with Gasteiger partial charge in [0.2, 0.25) is 0 Å². The van der Waals surface area contributed by atoms with E-state index in [1.54, 1.807) is 6.92 Å². The average molecular weight is 400 g/mol. The van der Waals surface area contributed by atoms with E-state index in [1.807, 2.05) is 0 Å². The van der Waals surface area contributed by atoms with Crippen molar-refractivity contribution in [3.05, 3.63) is 58.4 Å². The number of nitrogens with zero attached hydrogens (tertiary/aromatic N) is 2. The van der Waals surface area contributed by atoms with Gasteiger partial charge in [-0.15, -0.1) is 0 Å². The molecule has 0 aliphatic carbocycles. The first-order valence-corrected chi connectivity index (χ1v) is 9.12. The van der Waals surface area contributed by atoms with Crippen LogP contribution in [0.4, 0.5) is 14.5 Å². The third-order valence-corrected chi connectivity index (χ3v) is 5.18. The van der Waals surface area contributed by atoms with Crippen molar-refractivity contribution in [2.45, 2.75) is 18.7 Å². The molecule has 0 amide bonds. The Balaban J connectivity index is 1.94. The molecule has 2 aromatic carbocycles. The van der Waals surface area contributed by atoms with Gasteiger partial charge in [-0.25, -0.2) is 17.2 Å². The number of anilines is 1. The van der Waals surface area contributed by atoms with E-state index < -0.39 is 26.6 Å². The second-order valence-corrected chi connectivity index (χ2v) is 7.54. The van der Waals surface area contributed by atoms with Crippen LogP contribution in [0.15, 0.2) is 39.8 Å². The number of hydrogen-bond donors (Lipinski definition) is 1. The molecule has 0 unspecified atom stereocenters. The molecule has 3 aromatic rings. The normalized spacial score (nSPS) is 11.6. The lowest BCUT2D eigenvalue weighted by Crippen LogP contribution is -2.15. The topological polar surface area (TPSA) is 85.1 Å². The Kier molecular flexibility index (Phi) is 4.68. The highest BCUT2D eigenvalue weighted by Crippen LogP contribution is 2.30. The van der Waals surface area contributed by atoms with Crippen molar-refractivity contribution in [3.8, 4) is 11.5 Å². The quantitative estimate of drug-likeness (QED) is 0.714. The van der Waals surface area contributed by atoms with Gasteiger partial charge in [0, 0.05) is 11.6 Å². The standard InChI is InChI=1S/C16H12ClF2N3O3S/c1-8-5-15(13(19)7-12(8)18)26(23,24)22-14-4-3-10(6-11(14)17)16-20-9(2)21-25-16/h3-7,22H,1-2H3. The number of benzene rings is 2. The minimum Gasteiger partial charge on any atom is -0.334 e. The Hall–Kier alpha value is -2.52. The maximum absolute atomic E-state index is 13.9. The molecule has 136 valence electrons. The van der Waals surface area contributed by atoms with Crippen LogP contribution in [0.25, 0.3) is 11.5 Å². The van der Waals surface area contributed by atoms with E-state index in [-0.39, 0.29) is 22.2 Å². The fourth-order valence-electron chi connectivity index (χ4n) is 2.18. The summed E-state index contributed by atoms with van der Waals surface area (Å²) in [5.41, 5.74) is 0.510. The molecule has 6 nitrogen and oxygen atoms in total. The number of hydrogen-bond acceptors (Lipinski definition) is 5. The summed E-state index contributed by atoms with van der Waals surface area (Å²) in [4.78, 5) is 3.37. The summed E-state index contributed by atoms with van der Waals surface area (Å²) in [6.45, 7) is 2.98. The number of aromatic nitrogens is 2. The molecule has 0 bridgehead atoms. The average Bonchev–Trinajstić information content (AvgIpc) is 2.99. The van der Waals surface area contributed by atoms with Gasteiger partial charge in [0.25, 0.3) is 15.9 Å². The van der Waals surface area contributed by atoms with Crippen LogP contribution in [0.2, 0.25) is 5.02 Å². The van der Waals surface area contributed by atoms with Crippen LogP contribution in [0.1, 0.15) is 11.4 Å². The lowest BCUT2D eigenvalue weighted by molar-refractivity contribution is 0.425. The summed E-state index contributed by atoms with van der Waals surface area (Å²) in [6.07, 6.45) is 0. The van der Waals surface area contributed by atoms with Gasteiger partial charge in [0.15, 0.2) is 5.82 Å². The van der Waals surface area contributed by atoms with E-state index in [9.17, 15) is 17.2 Å². The summed E-state index contributed by atoms with van der Waals surface area (Å²) in [6, 6.07) is 5.76. The highest BCUT2D eigenvalue weighted by atomic mass is 35.5. The Morgan fingerprint density at radius 1 is 1.12 bits per heavy atom. The zero-order valence-corrected chi connectivity index (χ0v) is 15.1. The molecule has 10 heteroatoms. The second-order valence-electron chi connectivity index (χ2n) is 5.48. The van der Waals surface area contributed by atoms with Gasteiger partial charge in [0.05, 0.1) is 10.7 Å². The van der Waals surface area contributed by atoms with E-state index >= 15 is 0 Å². The van der Waals surface area contributed by atoms with Crippen molar-refractivity contribution >= 4 is 27.3 Å². The molecular weight excluding hydrogens is 388 g/mol. The maximum atomic E-state index is 13.9. The fraction of sp³-hybridized carbons (Fsp3) is 0.125. The van der Waals surface area contributed by atoms with Crippen molar-refractivity contribution in [3.63, 3.8) is 0 Å². The highest BCUT2D eigenvalue weighted by Gasteiger charge is 2.22. The van der Waals surface area contributed by atoms with E-state index in [0.29, 0.717) is 17.5 Å². The van der Waals surface area contributed by atoms with Crippen molar-refractivity contribution in [1.82, 2.24) is 10.1 Å². The molecular formula is C16H12ClF2N3O3S. The Morgan fingerprint density at radius 3 is 2.46 bits per heavy atom. The van der Waals surface area contributed by atoms with E-state index in [2.05, 4.69) is 14.9 Å². The van der Waals surface area contributed by atoms with Crippen LogP contribution in [0, 0.1) is 25.5 Å². The van der Waals surface area contributed by atoms with E-state index in [1.165, 1.54) is 25.1 Å². The number of aryl methyl sites for hydroxylation is 2. The van der Waals surface area contributed by atoms with Crippen molar-refractivity contribution in [1.29, 1.82) is 0 Å². The van der Waals surface area contributed by atoms with Gasteiger partial charge in [-0.2, -0.15) is 4.98 Å². The fourth-order valence-corrected chi connectivity index (χ4v) is 3.69. The first-order valence-electron chi connectivity index (χ1n) is 7.26. The predicted octanol–water partition coefficient (Wildman–Crippen LogP) is 4.09. The molecule has 0 saturated heterocycles. The molecule has 3 rings (SSSR count). The van der Waals surface area contributed by atoms with Gasteiger partial charge >= 0.3 is 0 Å². The van der Waals surface area contributed by atoms with E-state index in [0.717, 1.165) is 6.07 Å². The third kappa shape index (κ3) is 3.54. The smallest absolute Gasteiger partial charge is 0.264 e. The minimum atomic E-state index is -4.31. The van der Waals surface area contributed by atoms with Crippen LogP contribution < -0.4 is 4.72 Å². The van der Waals surface area contributed by atoms with E-state index in [4.69, 9.17) is 16.1 Å². The molecule has 26 heavy (non-hydrogen) atoms. The molecule has 1 N–H and O–H groups in total. The first kappa shape index (κ1) is 18.3. The lowest BCUT2D eigenvalue weighted by atomic mass is 10.2. The van der Waals surface area contributed by atoms with Gasteiger partial charge in [-0.1, -0.05) is 16.8 Å². The summed E-state index contributed by atoms with van der Waals surface area (Å²) < 4.78 is 59.3. The summed E-state index contributed by atoms with van der Waals surface area (Å²) in [5.74, 6) is -1.38. The molecule has 0 spiro atoms. The zero-order valence-electron chi connectivity index (χ0n) is 13.5. The summed E-state index contributed by atoms with van der Waals surface area (Å²) in [5, 5.41) is 3.70. The van der Waals surface area contributed by atoms with Crippen LogP contribution in [0.5, 0.6) is 0 Å². The Morgan fingerprint density at radius 2 is 1.85 bits per heavy atom. The molecule has 0 saturated carbocycles. The molecule has 0 fully saturated rings. The van der Waals surface area contributed by atoms with Gasteiger partial charge in [-0.3, -0.25) is 4.72 Å². The van der Waals surface area contributed by atoms with Gasteiger partial charge in [-0.05, 0) is 43.7 Å². The third-order valence-electron chi connectivity index (χ3n) is 3.49. The second kappa shape index (κ2) is 6.65. The lowest BCUT2D eigenvalue weighted by Gasteiger charge is -2.11. The largest absolute Gasteiger partial charge is 0.334 e. The number of sulfonamides is 1. The van der Waals surface area contributed by atoms with Crippen molar-refractivity contribution in [2.24, 2.45) is 0 Å². The zero-order chi connectivity index (χ0) is 19.1. The van der Waals surface area contributed by atoms with Crippen LogP contribution in [0.3, 0.4) is 0 Å². The Labute approximate surface area is 152 Å². The molecule has 0 aliphatic rings. The predicted molar refractivity (Wildman–Crippen MR) is 91.4 cm³/mol. The van der Waals surface area contributed by atoms with Crippen LogP contribution in [-0.4, -0.2) is 18.6 Å². The SMILES string of the molecule is Cc1noc(-c2ccc(NS(=O)(=O)c3cc(C)c(F)cc3F)c(Cl)c2)n1.